The molecule has 0 aromatic heterocycles. The smallest absolute Gasteiger partial charge is 0.264 e. The number of halogens is 2. The predicted molar refractivity (Wildman–Crippen MR) is 169 cm³/mol. The van der Waals surface area contributed by atoms with Crippen LogP contribution in [-0.4, -0.2) is 44.3 Å². The maximum Gasteiger partial charge on any atom is 0.264 e. The van der Waals surface area contributed by atoms with E-state index in [2.05, 4.69) is 21.2 Å². The Labute approximate surface area is 260 Å². The average Bonchev–Trinajstić information content (AvgIpc) is 3.02. The SMILES string of the molecule is CCCNC(=O)C(Cc1ccccc1)N(Cc1ccc(Br)cc1)C(=O)CN(c1ccccc1F)S(=O)(=O)c1ccccc1. The molecule has 0 saturated carbocycles. The standard InChI is InChI=1S/C33H33BrFN3O4S/c1-2-21-36-33(40)31(22-25-11-5-3-6-12-25)37(23-26-17-19-27(34)20-18-26)32(39)24-38(30-16-10-9-15-29(30)35)43(41,42)28-13-7-4-8-14-28/h3-20,31H,2,21-24H2,1H3,(H,36,40). The summed E-state index contributed by atoms with van der Waals surface area (Å²) >= 11 is 3.42. The van der Waals surface area contributed by atoms with Gasteiger partial charge in [0.1, 0.15) is 18.4 Å². The lowest BCUT2D eigenvalue weighted by Gasteiger charge is -2.34. The van der Waals surface area contributed by atoms with Crippen LogP contribution in [0.1, 0.15) is 24.5 Å². The normalized spacial score (nSPS) is 11.9. The maximum absolute atomic E-state index is 15.1. The fourth-order valence-corrected chi connectivity index (χ4v) is 6.30. The molecule has 4 aromatic rings. The molecule has 0 heterocycles. The van der Waals surface area contributed by atoms with Gasteiger partial charge in [0.15, 0.2) is 0 Å². The van der Waals surface area contributed by atoms with Crippen molar-refractivity contribution in [3.63, 3.8) is 0 Å². The molecule has 0 radical (unpaired) electrons. The highest BCUT2D eigenvalue weighted by Crippen LogP contribution is 2.27. The van der Waals surface area contributed by atoms with Crippen molar-refractivity contribution < 1.29 is 22.4 Å². The van der Waals surface area contributed by atoms with E-state index in [0.29, 0.717) is 13.0 Å². The highest BCUT2D eigenvalue weighted by atomic mass is 79.9. The lowest BCUT2D eigenvalue weighted by molar-refractivity contribution is -0.140. The van der Waals surface area contributed by atoms with Crippen molar-refractivity contribution in [1.82, 2.24) is 10.2 Å². The quantitative estimate of drug-likeness (QED) is 0.191. The predicted octanol–water partition coefficient (Wildman–Crippen LogP) is 5.95. The Morgan fingerprint density at radius 3 is 2.07 bits per heavy atom. The molecular weight excluding hydrogens is 633 g/mol. The minimum atomic E-state index is -4.36. The van der Waals surface area contributed by atoms with Gasteiger partial charge in [-0.05, 0) is 53.9 Å². The van der Waals surface area contributed by atoms with Crippen molar-refractivity contribution in [3.8, 4) is 0 Å². The summed E-state index contributed by atoms with van der Waals surface area (Å²) < 4.78 is 44.5. The molecule has 0 aliphatic rings. The number of carbonyl (C=O) groups excluding carboxylic acids is 2. The highest BCUT2D eigenvalue weighted by molar-refractivity contribution is 9.10. The van der Waals surface area contributed by atoms with Crippen LogP contribution >= 0.6 is 15.9 Å². The van der Waals surface area contributed by atoms with E-state index < -0.39 is 34.3 Å². The number of amides is 2. The fraction of sp³-hybridized carbons (Fsp3) is 0.212. The molecular formula is C33H33BrFN3O4S. The Kier molecular flexibility index (Phi) is 11.1. The number of benzene rings is 4. The summed E-state index contributed by atoms with van der Waals surface area (Å²) in [5, 5.41) is 2.90. The second kappa shape index (κ2) is 14.9. The van der Waals surface area contributed by atoms with E-state index in [9.17, 15) is 18.0 Å². The van der Waals surface area contributed by atoms with Gasteiger partial charge in [0.2, 0.25) is 11.8 Å². The van der Waals surface area contributed by atoms with Crippen molar-refractivity contribution in [3.05, 3.63) is 131 Å². The van der Waals surface area contributed by atoms with Crippen LogP contribution in [0.25, 0.3) is 0 Å². The topological polar surface area (TPSA) is 86.8 Å². The van der Waals surface area contributed by atoms with Crippen LogP contribution in [0.3, 0.4) is 0 Å². The zero-order chi connectivity index (χ0) is 30.8. The summed E-state index contributed by atoms with van der Waals surface area (Å²) in [6, 6.07) is 28.6. The van der Waals surface area contributed by atoms with E-state index in [1.807, 2.05) is 61.5 Å². The molecule has 10 heteroatoms. The molecule has 43 heavy (non-hydrogen) atoms. The Balaban J connectivity index is 1.79. The molecule has 1 atom stereocenters. The molecule has 4 rings (SSSR count). The molecule has 7 nitrogen and oxygen atoms in total. The van der Waals surface area contributed by atoms with Crippen LogP contribution in [0, 0.1) is 5.82 Å². The number of carbonyl (C=O) groups is 2. The van der Waals surface area contributed by atoms with Gasteiger partial charge in [-0.25, -0.2) is 12.8 Å². The van der Waals surface area contributed by atoms with Crippen molar-refractivity contribution in [2.45, 2.75) is 37.2 Å². The summed E-state index contributed by atoms with van der Waals surface area (Å²) in [5.74, 6) is -1.81. The average molecular weight is 667 g/mol. The van der Waals surface area contributed by atoms with E-state index in [1.165, 1.54) is 35.2 Å². The molecule has 1 N–H and O–H groups in total. The monoisotopic (exact) mass is 665 g/mol. The maximum atomic E-state index is 15.1. The lowest BCUT2D eigenvalue weighted by atomic mass is 10.0. The third-order valence-electron chi connectivity index (χ3n) is 6.82. The third-order valence-corrected chi connectivity index (χ3v) is 9.12. The van der Waals surface area contributed by atoms with Crippen molar-refractivity contribution in [2.75, 3.05) is 17.4 Å². The number of nitrogens with zero attached hydrogens (tertiary/aromatic N) is 2. The molecule has 224 valence electrons. The van der Waals surface area contributed by atoms with Crippen LogP contribution in [-0.2, 0) is 32.6 Å². The van der Waals surface area contributed by atoms with Crippen molar-refractivity contribution >= 4 is 43.5 Å². The van der Waals surface area contributed by atoms with Crippen LogP contribution in [0.15, 0.2) is 119 Å². The summed E-state index contributed by atoms with van der Waals surface area (Å²) in [6.07, 6.45) is 0.893. The number of hydrogen-bond acceptors (Lipinski definition) is 4. The zero-order valence-corrected chi connectivity index (χ0v) is 26.1. The van der Waals surface area contributed by atoms with E-state index in [4.69, 9.17) is 0 Å². The van der Waals surface area contributed by atoms with Gasteiger partial charge < -0.3 is 10.2 Å². The minimum absolute atomic E-state index is 0.0274. The largest absolute Gasteiger partial charge is 0.354 e. The Morgan fingerprint density at radius 2 is 1.44 bits per heavy atom. The number of anilines is 1. The molecule has 2 amide bonds. The van der Waals surface area contributed by atoms with E-state index >= 15 is 4.39 Å². The molecule has 0 aliphatic carbocycles. The minimum Gasteiger partial charge on any atom is -0.354 e. The second-order valence-electron chi connectivity index (χ2n) is 9.92. The molecule has 0 bridgehead atoms. The van der Waals surface area contributed by atoms with Crippen LogP contribution < -0.4 is 9.62 Å². The molecule has 4 aromatic carbocycles. The molecule has 0 spiro atoms. The third kappa shape index (κ3) is 8.30. The van der Waals surface area contributed by atoms with E-state index in [-0.39, 0.29) is 29.5 Å². The zero-order valence-electron chi connectivity index (χ0n) is 23.7. The van der Waals surface area contributed by atoms with Gasteiger partial charge in [0.25, 0.3) is 10.0 Å². The van der Waals surface area contributed by atoms with Gasteiger partial charge in [0.05, 0.1) is 10.6 Å². The Bertz CT molecular complexity index is 1620. The van der Waals surface area contributed by atoms with Crippen molar-refractivity contribution in [1.29, 1.82) is 0 Å². The van der Waals surface area contributed by atoms with E-state index in [0.717, 1.165) is 26.0 Å². The van der Waals surface area contributed by atoms with Crippen LogP contribution in [0.5, 0.6) is 0 Å². The summed E-state index contributed by atoms with van der Waals surface area (Å²) in [4.78, 5) is 29.2. The molecule has 1 unspecified atom stereocenters. The van der Waals surface area contributed by atoms with Gasteiger partial charge in [-0.3, -0.25) is 13.9 Å². The first-order chi connectivity index (χ1) is 20.7. The first-order valence-corrected chi connectivity index (χ1v) is 16.1. The lowest BCUT2D eigenvalue weighted by Crippen LogP contribution is -2.53. The molecule has 0 fully saturated rings. The first-order valence-electron chi connectivity index (χ1n) is 13.9. The summed E-state index contributed by atoms with van der Waals surface area (Å²) in [7, 11) is -4.36. The van der Waals surface area contributed by atoms with Crippen LogP contribution in [0.2, 0.25) is 0 Å². The number of sulfonamides is 1. The Morgan fingerprint density at radius 1 is 0.837 bits per heavy atom. The molecule has 0 saturated heterocycles. The van der Waals surface area contributed by atoms with Crippen LogP contribution in [0.4, 0.5) is 10.1 Å². The number of nitrogens with one attached hydrogen (secondary N) is 1. The number of hydrogen-bond donors (Lipinski definition) is 1. The molecule has 0 aliphatic heterocycles. The van der Waals surface area contributed by atoms with Gasteiger partial charge >= 0.3 is 0 Å². The fourth-order valence-electron chi connectivity index (χ4n) is 4.59. The van der Waals surface area contributed by atoms with Gasteiger partial charge in [-0.15, -0.1) is 0 Å². The summed E-state index contributed by atoms with van der Waals surface area (Å²) in [5.41, 5.74) is 1.30. The van der Waals surface area contributed by atoms with Crippen molar-refractivity contribution in [2.24, 2.45) is 0 Å². The van der Waals surface area contributed by atoms with Gasteiger partial charge in [-0.1, -0.05) is 95.7 Å². The summed E-state index contributed by atoms with van der Waals surface area (Å²) in [6.45, 7) is 1.65. The Hall–Kier alpha value is -4.02. The van der Waals surface area contributed by atoms with Gasteiger partial charge in [-0.2, -0.15) is 0 Å². The first kappa shape index (κ1) is 31.9. The van der Waals surface area contributed by atoms with Gasteiger partial charge in [0, 0.05) is 24.0 Å². The second-order valence-corrected chi connectivity index (χ2v) is 12.7. The number of rotatable bonds is 13. The number of para-hydroxylation sites is 1. The van der Waals surface area contributed by atoms with E-state index in [1.54, 1.807) is 18.2 Å². The highest BCUT2D eigenvalue weighted by Gasteiger charge is 2.35.